The number of aliphatic carboxylic acids is 1. The third-order valence-corrected chi connectivity index (χ3v) is 5.79. The number of nitrogens with one attached hydrogen (secondary N) is 3. The highest BCUT2D eigenvalue weighted by Gasteiger charge is 2.30. The maximum atomic E-state index is 13.1. The summed E-state index contributed by atoms with van der Waals surface area (Å²) in [5.41, 5.74) is 26.9. The average Bonchev–Trinajstić information content (AvgIpc) is 2.81. The molecule has 0 aromatic heterocycles. The lowest BCUT2D eigenvalue weighted by Gasteiger charge is -2.25. The number of unbranched alkanes of at least 4 members (excludes halogenated alkanes) is 1. The van der Waals surface area contributed by atoms with Gasteiger partial charge in [0, 0.05) is 6.54 Å². The molecule has 0 aromatic rings. The Balaban J connectivity index is 5.61. The molecule has 0 aliphatic carbocycles. The summed E-state index contributed by atoms with van der Waals surface area (Å²) in [6.07, 6.45) is 3.23. The van der Waals surface area contributed by atoms with Gasteiger partial charge in [-0.1, -0.05) is 0 Å². The van der Waals surface area contributed by atoms with Gasteiger partial charge in [0.1, 0.15) is 18.1 Å². The van der Waals surface area contributed by atoms with Crippen LogP contribution < -0.4 is 44.6 Å². The van der Waals surface area contributed by atoms with Crippen LogP contribution in [0.5, 0.6) is 0 Å². The Hall–Kier alpha value is -3.11. The third-order valence-electron chi connectivity index (χ3n) is 5.14. The molecular formula is C21H41N9O6S. The van der Waals surface area contributed by atoms with Gasteiger partial charge in [-0.15, -0.1) is 0 Å². The lowest BCUT2D eigenvalue weighted by molar-refractivity contribution is -0.142. The van der Waals surface area contributed by atoms with Crippen LogP contribution in [0.25, 0.3) is 0 Å². The van der Waals surface area contributed by atoms with Crippen molar-refractivity contribution in [1.29, 1.82) is 0 Å². The molecule has 0 heterocycles. The van der Waals surface area contributed by atoms with Crippen LogP contribution in [0.15, 0.2) is 4.99 Å². The summed E-state index contributed by atoms with van der Waals surface area (Å²) in [5.74, 6) is -3.77. The van der Waals surface area contributed by atoms with Gasteiger partial charge in [0.15, 0.2) is 5.96 Å². The zero-order chi connectivity index (χ0) is 28.4. The molecule has 212 valence electrons. The zero-order valence-corrected chi connectivity index (χ0v) is 21.9. The van der Waals surface area contributed by atoms with E-state index in [0.717, 1.165) is 0 Å². The highest BCUT2D eigenvalue weighted by atomic mass is 32.2. The molecule has 0 saturated heterocycles. The number of amides is 4. The number of guanidine groups is 1. The molecule has 37 heavy (non-hydrogen) atoms. The van der Waals surface area contributed by atoms with Gasteiger partial charge >= 0.3 is 5.97 Å². The topological polar surface area (TPSA) is 284 Å². The van der Waals surface area contributed by atoms with E-state index in [4.69, 9.17) is 28.7 Å². The van der Waals surface area contributed by atoms with Crippen LogP contribution >= 0.6 is 11.8 Å². The smallest absolute Gasteiger partial charge is 0.326 e. The van der Waals surface area contributed by atoms with Crippen LogP contribution in [0.2, 0.25) is 0 Å². The first kappa shape index (κ1) is 33.9. The fraction of sp³-hybridized carbons (Fsp3) is 0.714. The Bertz CT molecular complexity index is 794. The van der Waals surface area contributed by atoms with Crippen molar-refractivity contribution < 1.29 is 29.1 Å². The van der Waals surface area contributed by atoms with E-state index < -0.39 is 60.2 Å². The minimum atomic E-state index is -1.28. The highest BCUT2D eigenvalue weighted by molar-refractivity contribution is 7.98. The van der Waals surface area contributed by atoms with Crippen LogP contribution in [-0.2, 0) is 24.0 Å². The summed E-state index contributed by atoms with van der Waals surface area (Å²) in [4.78, 5) is 65.0. The number of hydrogen-bond acceptors (Lipinski definition) is 9. The summed E-state index contributed by atoms with van der Waals surface area (Å²) in [5, 5.41) is 17.0. The van der Waals surface area contributed by atoms with Crippen molar-refractivity contribution in [3.8, 4) is 0 Å². The van der Waals surface area contributed by atoms with E-state index in [2.05, 4.69) is 20.9 Å². The number of thioether (sulfide) groups is 1. The van der Waals surface area contributed by atoms with Crippen LogP contribution in [0.3, 0.4) is 0 Å². The average molecular weight is 548 g/mol. The van der Waals surface area contributed by atoms with Crippen molar-refractivity contribution in [2.24, 2.45) is 33.7 Å². The Kier molecular flexibility index (Phi) is 17.5. The highest BCUT2D eigenvalue weighted by Crippen LogP contribution is 2.07. The van der Waals surface area contributed by atoms with E-state index in [1.54, 1.807) is 0 Å². The Morgan fingerprint density at radius 3 is 1.86 bits per heavy atom. The monoisotopic (exact) mass is 547 g/mol. The van der Waals surface area contributed by atoms with E-state index >= 15 is 0 Å². The SMILES string of the molecule is CSCCC(NC(=O)C(CCCCN)NC(=O)C(CCCN=C(N)N)NC(=O)C(N)CC(N)=O)C(=O)O. The zero-order valence-electron chi connectivity index (χ0n) is 21.1. The number of carboxylic acids is 1. The molecule has 0 aromatic carbocycles. The minimum absolute atomic E-state index is 0.0836. The number of aliphatic imine (C=N–C) groups is 1. The normalized spacial score (nSPS) is 13.9. The molecule has 0 aliphatic rings. The van der Waals surface area contributed by atoms with Gasteiger partial charge in [-0.25, -0.2) is 4.79 Å². The lowest BCUT2D eigenvalue weighted by Crippen LogP contribution is -2.57. The molecule has 0 rings (SSSR count). The Morgan fingerprint density at radius 2 is 1.38 bits per heavy atom. The Labute approximate surface area is 220 Å². The summed E-state index contributed by atoms with van der Waals surface area (Å²) in [6.45, 7) is 0.542. The Morgan fingerprint density at radius 1 is 0.838 bits per heavy atom. The fourth-order valence-electron chi connectivity index (χ4n) is 3.16. The van der Waals surface area contributed by atoms with Crippen molar-refractivity contribution in [3.63, 3.8) is 0 Å². The van der Waals surface area contributed by atoms with E-state index in [-0.39, 0.29) is 31.8 Å². The van der Waals surface area contributed by atoms with Crippen LogP contribution in [-0.4, -0.2) is 89.9 Å². The number of primary amides is 1. The largest absolute Gasteiger partial charge is 0.480 e. The summed E-state index contributed by atoms with van der Waals surface area (Å²) < 4.78 is 0. The number of hydrogen-bond donors (Lipinski definition) is 9. The molecule has 0 fully saturated rings. The molecule has 15 nitrogen and oxygen atoms in total. The summed E-state index contributed by atoms with van der Waals surface area (Å²) in [6, 6.07) is -4.62. The summed E-state index contributed by atoms with van der Waals surface area (Å²) >= 11 is 1.43. The molecule has 4 atom stereocenters. The van der Waals surface area contributed by atoms with Gasteiger partial charge < -0.3 is 49.7 Å². The number of nitrogens with two attached hydrogens (primary N) is 5. The van der Waals surface area contributed by atoms with Gasteiger partial charge in [0.2, 0.25) is 23.6 Å². The standard InChI is InChI=1S/C21H41N9O6S/c1-37-10-7-15(20(35)36)30-19(34)13(5-2-3-8-22)29-18(33)14(6-4-9-27-21(25)26)28-17(32)12(23)11-16(24)31/h12-15H,2-11,22-23H2,1H3,(H2,24,31)(H,28,32)(H,29,33)(H,30,34)(H,35,36)(H4,25,26,27). The van der Waals surface area contributed by atoms with Gasteiger partial charge in [0.25, 0.3) is 0 Å². The maximum Gasteiger partial charge on any atom is 0.326 e. The molecule has 16 heteroatoms. The van der Waals surface area contributed by atoms with Gasteiger partial charge in [-0.2, -0.15) is 11.8 Å². The predicted molar refractivity (Wildman–Crippen MR) is 141 cm³/mol. The molecular weight excluding hydrogens is 506 g/mol. The van der Waals surface area contributed by atoms with E-state index in [1.165, 1.54) is 11.8 Å². The first-order valence-corrected chi connectivity index (χ1v) is 13.2. The van der Waals surface area contributed by atoms with Crippen LogP contribution in [0.1, 0.15) is 44.9 Å². The number of nitrogens with zero attached hydrogens (tertiary/aromatic N) is 1. The number of carboxylic acid groups (broad SMARTS) is 1. The molecule has 0 spiro atoms. The van der Waals surface area contributed by atoms with Crippen LogP contribution in [0.4, 0.5) is 0 Å². The first-order valence-electron chi connectivity index (χ1n) is 11.8. The molecule has 4 amide bonds. The number of carbonyl (C=O) groups is 5. The van der Waals surface area contributed by atoms with E-state index in [1.807, 2.05) is 6.26 Å². The minimum Gasteiger partial charge on any atom is -0.480 e. The van der Waals surface area contributed by atoms with Crippen molar-refractivity contribution >= 4 is 47.3 Å². The lowest BCUT2D eigenvalue weighted by atomic mass is 10.0. The first-order chi connectivity index (χ1) is 17.4. The second-order valence-corrected chi connectivity index (χ2v) is 9.30. The van der Waals surface area contributed by atoms with Crippen molar-refractivity contribution in [2.45, 2.75) is 69.1 Å². The second kappa shape index (κ2) is 19.1. The molecule has 0 aliphatic heterocycles. The fourth-order valence-corrected chi connectivity index (χ4v) is 3.63. The molecule has 0 bridgehead atoms. The molecule has 4 unspecified atom stereocenters. The number of rotatable bonds is 20. The van der Waals surface area contributed by atoms with Crippen molar-refractivity contribution in [2.75, 3.05) is 25.1 Å². The predicted octanol–water partition coefficient (Wildman–Crippen LogP) is -3.34. The van der Waals surface area contributed by atoms with E-state index in [9.17, 15) is 29.1 Å². The van der Waals surface area contributed by atoms with Gasteiger partial charge in [0.05, 0.1) is 12.5 Å². The molecule has 14 N–H and O–H groups in total. The maximum absolute atomic E-state index is 13.1. The quantitative estimate of drug-likeness (QED) is 0.0412. The molecule has 0 saturated carbocycles. The van der Waals surface area contributed by atoms with E-state index in [0.29, 0.717) is 31.6 Å². The number of carbonyl (C=O) groups excluding carboxylic acids is 4. The third kappa shape index (κ3) is 15.6. The van der Waals surface area contributed by atoms with Gasteiger partial charge in [-0.3, -0.25) is 24.2 Å². The van der Waals surface area contributed by atoms with Crippen LogP contribution in [0, 0.1) is 0 Å². The molecule has 0 radical (unpaired) electrons. The van der Waals surface area contributed by atoms with Crippen molar-refractivity contribution in [3.05, 3.63) is 0 Å². The van der Waals surface area contributed by atoms with Gasteiger partial charge in [-0.05, 0) is 57.1 Å². The second-order valence-electron chi connectivity index (χ2n) is 8.31. The summed E-state index contributed by atoms with van der Waals surface area (Å²) in [7, 11) is 0. The van der Waals surface area contributed by atoms with Crippen molar-refractivity contribution in [1.82, 2.24) is 16.0 Å².